The monoisotopic (exact) mass is 230 g/mol. The van der Waals surface area contributed by atoms with E-state index in [9.17, 15) is 13.2 Å². The van der Waals surface area contributed by atoms with Crippen LogP contribution in [0, 0.1) is 0 Å². The first-order chi connectivity index (χ1) is 6.93. The van der Waals surface area contributed by atoms with E-state index in [0.29, 0.717) is 0 Å². The number of nitrogens with zero attached hydrogens (tertiary/aromatic N) is 2. The van der Waals surface area contributed by atoms with Crippen LogP contribution in [-0.4, -0.2) is 34.7 Å². The minimum Gasteiger partial charge on any atom is -0.480 e. The zero-order valence-electron chi connectivity index (χ0n) is 7.99. The predicted molar refractivity (Wildman–Crippen MR) is 51.8 cm³/mol. The molecule has 1 atom stereocenters. The number of rotatable bonds is 4. The highest BCUT2D eigenvalue weighted by Gasteiger charge is 2.28. The molecule has 0 spiro atoms. The standard InChI is InChI=1S/C8H10N2O4S/c1-6(8(11)12)15(13,14)5-7-4-9-2-3-10-7/h2-4,6H,5H2,1H3,(H,11,12). The molecular weight excluding hydrogens is 220 g/mol. The van der Waals surface area contributed by atoms with Crippen LogP contribution in [-0.2, 0) is 20.4 Å². The maximum absolute atomic E-state index is 11.5. The highest BCUT2D eigenvalue weighted by molar-refractivity contribution is 7.91. The van der Waals surface area contributed by atoms with Crippen LogP contribution < -0.4 is 0 Å². The second kappa shape index (κ2) is 4.35. The Morgan fingerprint density at radius 2 is 2.20 bits per heavy atom. The summed E-state index contributed by atoms with van der Waals surface area (Å²) in [4.78, 5) is 18.0. The van der Waals surface area contributed by atoms with E-state index >= 15 is 0 Å². The van der Waals surface area contributed by atoms with Crippen LogP contribution in [0.5, 0.6) is 0 Å². The Morgan fingerprint density at radius 3 is 2.67 bits per heavy atom. The van der Waals surface area contributed by atoms with Gasteiger partial charge in [-0.2, -0.15) is 0 Å². The lowest BCUT2D eigenvalue weighted by molar-refractivity contribution is -0.136. The van der Waals surface area contributed by atoms with E-state index in [4.69, 9.17) is 5.11 Å². The third-order valence-electron chi connectivity index (χ3n) is 1.85. The molecule has 15 heavy (non-hydrogen) atoms. The van der Waals surface area contributed by atoms with Gasteiger partial charge in [0.2, 0.25) is 0 Å². The maximum atomic E-state index is 11.5. The van der Waals surface area contributed by atoms with Crippen LogP contribution in [0.4, 0.5) is 0 Å². The lowest BCUT2D eigenvalue weighted by Gasteiger charge is -2.07. The van der Waals surface area contributed by atoms with Crippen molar-refractivity contribution in [3.63, 3.8) is 0 Å². The van der Waals surface area contributed by atoms with Gasteiger partial charge >= 0.3 is 5.97 Å². The predicted octanol–water partition coefficient (Wildman–Crippen LogP) is -0.136. The summed E-state index contributed by atoms with van der Waals surface area (Å²) >= 11 is 0. The van der Waals surface area contributed by atoms with E-state index < -0.39 is 26.8 Å². The molecule has 1 N–H and O–H groups in total. The summed E-state index contributed by atoms with van der Waals surface area (Å²) in [6, 6.07) is 0. The first kappa shape index (κ1) is 11.6. The van der Waals surface area contributed by atoms with Crippen molar-refractivity contribution in [1.82, 2.24) is 9.97 Å². The Kier molecular flexibility index (Phi) is 3.35. The molecule has 0 fully saturated rings. The fraction of sp³-hybridized carbons (Fsp3) is 0.375. The molecule has 6 nitrogen and oxygen atoms in total. The maximum Gasteiger partial charge on any atom is 0.321 e. The zero-order valence-corrected chi connectivity index (χ0v) is 8.81. The number of hydrogen-bond donors (Lipinski definition) is 1. The van der Waals surface area contributed by atoms with Crippen molar-refractivity contribution in [2.75, 3.05) is 0 Å². The Hall–Kier alpha value is -1.50. The van der Waals surface area contributed by atoms with E-state index in [1.165, 1.54) is 18.6 Å². The van der Waals surface area contributed by atoms with Crippen molar-refractivity contribution in [1.29, 1.82) is 0 Å². The first-order valence-electron chi connectivity index (χ1n) is 4.13. The van der Waals surface area contributed by atoms with E-state index in [0.717, 1.165) is 6.92 Å². The second-order valence-electron chi connectivity index (χ2n) is 2.98. The quantitative estimate of drug-likeness (QED) is 0.773. The van der Waals surface area contributed by atoms with Crippen LogP contribution >= 0.6 is 0 Å². The van der Waals surface area contributed by atoms with Crippen LogP contribution in [0.3, 0.4) is 0 Å². The highest BCUT2D eigenvalue weighted by atomic mass is 32.2. The van der Waals surface area contributed by atoms with Gasteiger partial charge in [-0.15, -0.1) is 0 Å². The van der Waals surface area contributed by atoms with Gasteiger partial charge in [0, 0.05) is 18.6 Å². The summed E-state index contributed by atoms with van der Waals surface area (Å²) in [7, 11) is -3.71. The molecule has 1 rings (SSSR count). The lowest BCUT2D eigenvalue weighted by atomic mass is 10.5. The highest BCUT2D eigenvalue weighted by Crippen LogP contribution is 2.08. The average Bonchev–Trinajstić information content (AvgIpc) is 2.17. The van der Waals surface area contributed by atoms with Gasteiger partial charge in [-0.05, 0) is 6.92 Å². The topological polar surface area (TPSA) is 97.2 Å². The Balaban J connectivity index is 2.87. The molecule has 0 radical (unpaired) electrons. The van der Waals surface area contributed by atoms with Crippen molar-refractivity contribution >= 4 is 15.8 Å². The molecule has 1 unspecified atom stereocenters. The molecule has 7 heteroatoms. The van der Waals surface area contributed by atoms with Crippen LogP contribution in [0.1, 0.15) is 12.6 Å². The SMILES string of the molecule is CC(C(=O)O)S(=O)(=O)Cc1cnccn1. The molecule has 0 bridgehead atoms. The first-order valence-corrected chi connectivity index (χ1v) is 5.84. The van der Waals surface area contributed by atoms with Gasteiger partial charge < -0.3 is 5.11 Å². The molecule has 0 aliphatic rings. The normalized spacial score (nSPS) is 13.4. The summed E-state index contributed by atoms with van der Waals surface area (Å²) in [5, 5.41) is 7.15. The molecule has 0 aliphatic carbocycles. The average molecular weight is 230 g/mol. The van der Waals surface area contributed by atoms with E-state index in [1.807, 2.05) is 0 Å². The Labute approximate surface area is 86.9 Å². The Bertz CT molecular complexity index is 443. The van der Waals surface area contributed by atoms with Gasteiger partial charge in [-0.25, -0.2) is 8.42 Å². The number of carboxylic acid groups (broad SMARTS) is 1. The minimum absolute atomic E-state index is 0.241. The van der Waals surface area contributed by atoms with Crippen molar-refractivity contribution in [2.45, 2.75) is 17.9 Å². The largest absolute Gasteiger partial charge is 0.480 e. The minimum atomic E-state index is -3.71. The van der Waals surface area contributed by atoms with Gasteiger partial charge in [-0.3, -0.25) is 14.8 Å². The van der Waals surface area contributed by atoms with E-state index in [2.05, 4.69) is 9.97 Å². The number of carbonyl (C=O) groups is 1. The molecule has 1 aromatic rings. The molecular formula is C8H10N2O4S. The van der Waals surface area contributed by atoms with E-state index in [-0.39, 0.29) is 5.69 Å². The van der Waals surface area contributed by atoms with Crippen LogP contribution in [0.15, 0.2) is 18.6 Å². The van der Waals surface area contributed by atoms with Gasteiger partial charge in [0.25, 0.3) is 0 Å². The molecule has 0 amide bonds. The molecule has 1 heterocycles. The fourth-order valence-electron chi connectivity index (χ4n) is 0.889. The number of carboxylic acids is 1. The molecule has 0 aliphatic heterocycles. The number of hydrogen-bond acceptors (Lipinski definition) is 5. The van der Waals surface area contributed by atoms with Gasteiger partial charge in [0.15, 0.2) is 15.1 Å². The third-order valence-corrected chi connectivity index (χ3v) is 3.83. The zero-order chi connectivity index (χ0) is 11.5. The van der Waals surface area contributed by atoms with Crippen LogP contribution in [0.25, 0.3) is 0 Å². The third kappa shape index (κ3) is 2.98. The van der Waals surface area contributed by atoms with Gasteiger partial charge in [0.1, 0.15) is 0 Å². The number of aliphatic carboxylic acids is 1. The van der Waals surface area contributed by atoms with Gasteiger partial charge in [-0.1, -0.05) is 0 Å². The fourth-order valence-corrected chi connectivity index (χ4v) is 2.01. The number of sulfone groups is 1. The van der Waals surface area contributed by atoms with Crippen molar-refractivity contribution < 1.29 is 18.3 Å². The second-order valence-corrected chi connectivity index (χ2v) is 5.31. The summed E-state index contributed by atoms with van der Waals surface area (Å²) in [5.74, 6) is -1.77. The van der Waals surface area contributed by atoms with Crippen LogP contribution in [0.2, 0.25) is 0 Å². The summed E-state index contributed by atoms with van der Waals surface area (Å²) in [6.45, 7) is 1.13. The summed E-state index contributed by atoms with van der Waals surface area (Å²) < 4.78 is 23.0. The molecule has 1 aromatic heterocycles. The molecule has 82 valence electrons. The smallest absolute Gasteiger partial charge is 0.321 e. The Morgan fingerprint density at radius 1 is 1.53 bits per heavy atom. The van der Waals surface area contributed by atoms with E-state index in [1.54, 1.807) is 0 Å². The molecule has 0 saturated heterocycles. The lowest BCUT2D eigenvalue weighted by Crippen LogP contribution is -2.28. The van der Waals surface area contributed by atoms with Crippen molar-refractivity contribution in [2.24, 2.45) is 0 Å². The molecule has 0 saturated carbocycles. The summed E-state index contributed by atoms with van der Waals surface area (Å²) in [6.07, 6.45) is 4.07. The van der Waals surface area contributed by atoms with Gasteiger partial charge in [0.05, 0.1) is 11.4 Å². The van der Waals surface area contributed by atoms with Crippen molar-refractivity contribution in [3.8, 4) is 0 Å². The summed E-state index contributed by atoms with van der Waals surface area (Å²) in [5.41, 5.74) is 0.241. The molecule has 0 aromatic carbocycles. The van der Waals surface area contributed by atoms with Crippen molar-refractivity contribution in [3.05, 3.63) is 24.3 Å². The number of aromatic nitrogens is 2.